The van der Waals surface area contributed by atoms with E-state index in [2.05, 4.69) is 16.8 Å². The first-order chi connectivity index (χ1) is 4.13. The Kier molecular flexibility index (Phi) is 3.35. The molecule has 0 aromatic carbocycles. The number of aliphatic hydroxyl groups is 1. The van der Waals surface area contributed by atoms with Crippen LogP contribution in [-0.4, -0.2) is 5.11 Å². The fraction of sp³-hybridized carbons (Fsp3) is 0.333. The Morgan fingerprint density at radius 1 is 1.56 bits per heavy atom. The first-order valence-electron chi connectivity index (χ1n) is 2.55. The molecule has 3 nitrogen and oxygen atoms in total. The van der Waals surface area contributed by atoms with E-state index < -0.39 is 0 Å². The topological polar surface area (TPSA) is 45.0 Å². The Morgan fingerprint density at radius 3 is 2.44 bits per heavy atom. The van der Waals surface area contributed by atoms with Gasteiger partial charge < -0.3 is 5.11 Å². The van der Waals surface area contributed by atoms with Gasteiger partial charge in [0.2, 0.25) is 0 Å². The van der Waals surface area contributed by atoms with E-state index in [0.29, 0.717) is 5.70 Å². The number of rotatable bonds is 2. The number of aliphatic hydroxyl groups excluding tert-OH is 1. The molecule has 50 valence electrons. The molecule has 0 saturated heterocycles. The predicted molar refractivity (Wildman–Crippen MR) is 36.1 cm³/mol. The van der Waals surface area contributed by atoms with E-state index in [-0.39, 0.29) is 5.76 Å². The van der Waals surface area contributed by atoms with Crippen molar-refractivity contribution in [1.29, 1.82) is 0 Å². The van der Waals surface area contributed by atoms with Gasteiger partial charge in [0.25, 0.3) is 0 Å². The Labute approximate surface area is 54.4 Å². The summed E-state index contributed by atoms with van der Waals surface area (Å²) in [7, 11) is 0. The lowest BCUT2D eigenvalue weighted by Gasteiger charge is -1.81. The van der Waals surface area contributed by atoms with Crippen molar-refractivity contribution in [3.05, 3.63) is 24.2 Å². The van der Waals surface area contributed by atoms with Crippen molar-refractivity contribution >= 4 is 0 Å². The molecule has 0 amide bonds. The van der Waals surface area contributed by atoms with Crippen LogP contribution in [0.1, 0.15) is 13.8 Å². The third-order valence-electron chi connectivity index (χ3n) is 0.473. The van der Waals surface area contributed by atoms with E-state index >= 15 is 0 Å². The fourth-order valence-corrected chi connectivity index (χ4v) is 0.211. The molecule has 0 radical (unpaired) electrons. The summed E-state index contributed by atoms with van der Waals surface area (Å²) in [6.45, 7) is 6.73. The maximum absolute atomic E-state index is 8.54. The zero-order chi connectivity index (χ0) is 7.28. The van der Waals surface area contributed by atoms with Gasteiger partial charge >= 0.3 is 0 Å². The second-order valence-corrected chi connectivity index (χ2v) is 1.72. The maximum Gasteiger partial charge on any atom is 0.109 e. The summed E-state index contributed by atoms with van der Waals surface area (Å²) in [6.07, 6.45) is 1.26. The van der Waals surface area contributed by atoms with E-state index in [0.717, 1.165) is 0 Å². The van der Waals surface area contributed by atoms with Crippen LogP contribution >= 0.6 is 0 Å². The highest BCUT2D eigenvalue weighted by Gasteiger charge is 1.75. The molecule has 0 atom stereocenters. The summed E-state index contributed by atoms with van der Waals surface area (Å²) in [5, 5.41) is 15.6. The van der Waals surface area contributed by atoms with E-state index in [1.807, 2.05) is 0 Å². The fourth-order valence-electron chi connectivity index (χ4n) is 0.211. The number of allylic oxidation sites excluding steroid dienone is 2. The number of nitrogens with zero attached hydrogens (tertiary/aromatic N) is 2. The van der Waals surface area contributed by atoms with Gasteiger partial charge in [-0.2, -0.15) is 10.2 Å². The van der Waals surface area contributed by atoms with Gasteiger partial charge in [0.1, 0.15) is 5.76 Å². The van der Waals surface area contributed by atoms with Gasteiger partial charge in [0, 0.05) is 0 Å². The Morgan fingerprint density at radius 2 is 2.11 bits per heavy atom. The standard InChI is InChI=1S/C6H10N2O/c1-5(2)8-7-4-6(3)9/h4,9H,1H2,2-3H3/b6-4-,8-7+. The van der Waals surface area contributed by atoms with Crippen molar-refractivity contribution in [2.75, 3.05) is 0 Å². The molecule has 0 bridgehead atoms. The van der Waals surface area contributed by atoms with E-state index in [1.54, 1.807) is 6.92 Å². The van der Waals surface area contributed by atoms with Gasteiger partial charge in [-0.3, -0.25) is 0 Å². The third-order valence-corrected chi connectivity index (χ3v) is 0.473. The summed E-state index contributed by atoms with van der Waals surface area (Å²) >= 11 is 0. The molecule has 0 aliphatic heterocycles. The van der Waals surface area contributed by atoms with Crippen molar-refractivity contribution in [2.45, 2.75) is 13.8 Å². The van der Waals surface area contributed by atoms with Crippen LogP contribution < -0.4 is 0 Å². The second kappa shape index (κ2) is 3.83. The minimum atomic E-state index is 0.139. The molecule has 0 aromatic rings. The molecule has 0 saturated carbocycles. The molecule has 3 heteroatoms. The lowest BCUT2D eigenvalue weighted by molar-refractivity contribution is 0.412. The minimum absolute atomic E-state index is 0.139. The molecule has 9 heavy (non-hydrogen) atoms. The lowest BCUT2D eigenvalue weighted by Crippen LogP contribution is -1.65. The van der Waals surface area contributed by atoms with Crippen LogP contribution in [0.4, 0.5) is 0 Å². The quantitative estimate of drug-likeness (QED) is 0.448. The Bertz CT molecular complexity index is 154. The summed E-state index contributed by atoms with van der Waals surface area (Å²) in [6, 6.07) is 0. The van der Waals surface area contributed by atoms with Crippen LogP contribution in [0, 0.1) is 0 Å². The van der Waals surface area contributed by atoms with Crippen LogP contribution in [-0.2, 0) is 0 Å². The number of hydrogen-bond acceptors (Lipinski definition) is 3. The highest BCUT2D eigenvalue weighted by Crippen LogP contribution is 1.92. The summed E-state index contributed by atoms with van der Waals surface area (Å²) in [5.74, 6) is 0.139. The molecule has 0 unspecified atom stereocenters. The molecule has 0 aliphatic rings. The highest BCUT2D eigenvalue weighted by atomic mass is 16.3. The van der Waals surface area contributed by atoms with Crippen molar-refractivity contribution in [2.24, 2.45) is 10.2 Å². The molecular weight excluding hydrogens is 116 g/mol. The first-order valence-corrected chi connectivity index (χ1v) is 2.55. The molecule has 0 aromatic heterocycles. The maximum atomic E-state index is 8.54. The van der Waals surface area contributed by atoms with Crippen molar-refractivity contribution in [3.8, 4) is 0 Å². The Balaban J connectivity index is 3.74. The zero-order valence-corrected chi connectivity index (χ0v) is 5.63. The van der Waals surface area contributed by atoms with Gasteiger partial charge in [-0.25, -0.2) is 0 Å². The minimum Gasteiger partial charge on any atom is -0.511 e. The summed E-state index contributed by atoms with van der Waals surface area (Å²) in [5.41, 5.74) is 0.618. The van der Waals surface area contributed by atoms with E-state index in [9.17, 15) is 0 Å². The molecular formula is C6H10N2O. The molecule has 1 N–H and O–H groups in total. The van der Waals surface area contributed by atoms with Gasteiger partial charge in [-0.1, -0.05) is 6.58 Å². The van der Waals surface area contributed by atoms with Crippen LogP contribution in [0.2, 0.25) is 0 Å². The van der Waals surface area contributed by atoms with Gasteiger partial charge in [0.15, 0.2) is 0 Å². The third kappa shape index (κ3) is 6.88. The van der Waals surface area contributed by atoms with E-state index in [1.165, 1.54) is 13.1 Å². The summed E-state index contributed by atoms with van der Waals surface area (Å²) in [4.78, 5) is 0. The molecule has 0 spiro atoms. The van der Waals surface area contributed by atoms with Gasteiger partial charge in [-0.05, 0) is 13.8 Å². The molecule has 0 fully saturated rings. The number of hydrogen-bond donors (Lipinski definition) is 1. The SMILES string of the molecule is C=C(C)/N=N/C=C(/C)O. The van der Waals surface area contributed by atoms with Crippen molar-refractivity contribution in [3.63, 3.8) is 0 Å². The van der Waals surface area contributed by atoms with Crippen LogP contribution in [0.3, 0.4) is 0 Å². The van der Waals surface area contributed by atoms with Gasteiger partial charge in [0.05, 0.1) is 11.9 Å². The zero-order valence-electron chi connectivity index (χ0n) is 5.63. The Hall–Kier alpha value is -1.12. The predicted octanol–water partition coefficient (Wildman–Crippen LogP) is 2.39. The normalized spacial score (nSPS) is 12.4. The van der Waals surface area contributed by atoms with Crippen LogP contribution in [0.5, 0.6) is 0 Å². The lowest BCUT2D eigenvalue weighted by atomic mass is 10.6. The number of azo groups is 1. The monoisotopic (exact) mass is 126 g/mol. The van der Waals surface area contributed by atoms with Crippen LogP contribution in [0.25, 0.3) is 0 Å². The van der Waals surface area contributed by atoms with Crippen molar-refractivity contribution < 1.29 is 5.11 Å². The van der Waals surface area contributed by atoms with Gasteiger partial charge in [-0.15, -0.1) is 0 Å². The smallest absolute Gasteiger partial charge is 0.109 e. The second-order valence-electron chi connectivity index (χ2n) is 1.72. The molecule has 0 heterocycles. The molecule has 0 aliphatic carbocycles. The highest BCUT2D eigenvalue weighted by molar-refractivity contribution is 4.87. The largest absolute Gasteiger partial charge is 0.511 e. The van der Waals surface area contributed by atoms with Crippen molar-refractivity contribution in [1.82, 2.24) is 0 Å². The van der Waals surface area contributed by atoms with E-state index in [4.69, 9.17) is 5.11 Å². The van der Waals surface area contributed by atoms with Crippen LogP contribution in [0.15, 0.2) is 34.5 Å². The first kappa shape index (κ1) is 7.88. The summed E-state index contributed by atoms with van der Waals surface area (Å²) < 4.78 is 0. The average molecular weight is 126 g/mol. The average Bonchev–Trinajstić information content (AvgIpc) is 1.63. The molecule has 0 rings (SSSR count).